The summed E-state index contributed by atoms with van der Waals surface area (Å²) >= 11 is 4.91. The second-order valence-electron chi connectivity index (χ2n) is 17.1. The number of anilines is 6. The van der Waals surface area contributed by atoms with E-state index >= 15 is 0 Å². The lowest BCUT2D eigenvalue weighted by Gasteiger charge is -2.29. The summed E-state index contributed by atoms with van der Waals surface area (Å²) in [6, 6.07) is 89.9. The van der Waals surface area contributed by atoms with E-state index in [4.69, 9.17) is 12.6 Å². The van der Waals surface area contributed by atoms with E-state index in [1.807, 2.05) is 0 Å². The first-order chi connectivity index (χ1) is 33.1. The molecular weight excluding hydrogens is 829 g/mol. The Morgan fingerprint density at radius 1 is 0.299 bits per heavy atom. The molecule has 2 unspecified atom stereocenters. The summed E-state index contributed by atoms with van der Waals surface area (Å²) in [5.41, 5.74) is 17.3. The van der Waals surface area contributed by atoms with Crippen LogP contribution in [-0.2, 0) is 0 Å². The van der Waals surface area contributed by atoms with E-state index in [2.05, 4.69) is 283 Å². The second kappa shape index (κ2) is 18.8. The highest BCUT2D eigenvalue weighted by atomic mass is 32.1. The molecule has 320 valence electrons. The van der Waals surface area contributed by atoms with Gasteiger partial charge in [0.05, 0.1) is 5.69 Å². The summed E-state index contributed by atoms with van der Waals surface area (Å²) in [5, 5.41) is 2.55. The van der Waals surface area contributed by atoms with E-state index in [9.17, 15) is 0 Å². The number of hydrogen-bond donors (Lipinski definition) is 1. The van der Waals surface area contributed by atoms with Crippen LogP contribution < -0.4 is 9.80 Å². The summed E-state index contributed by atoms with van der Waals surface area (Å²) in [5.74, 6) is 0.216. The summed E-state index contributed by atoms with van der Waals surface area (Å²) in [7, 11) is 0. The zero-order valence-corrected chi connectivity index (χ0v) is 37.9. The van der Waals surface area contributed by atoms with Gasteiger partial charge in [-0.1, -0.05) is 194 Å². The number of nitrogens with zero attached hydrogens (tertiary/aromatic N) is 2. The quantitative estimate of drug-likeness (QED) is 0.129. The third kappa shape index (κ3) is 8.73. The SMILES string of the molecule is SC1C=CC=CC1c1ccc(N(c2cccc(-c3ccc(-c4cccc(-c5ccc(N(c6ccccc6)c6ccccc6)cc5)c4)cc3)c2)c2cc3ccccc3cc2-c2ccccc2)cc1. The maximum absolute atomic E-state index is 4.91. The summed E-state index contributed by atoms with van der Waals surface area (Å²) in [6.07, 6.45) is 8.62. The molecule has 0 aliphatic heterocycles. The summed E-state index contributed by atoms with van der Waals surface area (Å²) < 4.78 is 0. The van der Waals surface area contributed by atoms with Crippen LogP contribution in [0.4, 0.5) is 34.1 Å². The average Bonchev–Trinajstić information content (AvgIpc) is 3.40. The molecule has 0 saturated heterocycles. The fourth-order valence-electron chi connectivity index (χ4n) is 9.40. The molecular formula is C64H48N2S. The first-order valence-corrected chi connectivity index (χ1v) is 23.5. The number of rotatable bonds is 11. The lowest BCUT2D eigenvalue weighted by atomic mass is 9.91. The van der Waals surface area contributed by atoms with Gasteiger partial charge in [0, 0.05) is 45.2 Å². The van der Waals surface area contributed by atoms with Gasteiger partial charge in [0.25, 0.3) is 0 Å². The Balaban J connectivity index is 0.920. The van der Waals surface area contributed by atoms with Crippen molar-refractivity contribution in [1.82, 2.24) is 0 Å². The molecule has 0 N–H and O–H groups in total. The van der Waals surface area contributed by atoms with Crippen molar-refractivity contribution in [2.75, 3.05) is 9.80 Å². The molecule has 67 heavy (non-hydrogen) atoms. The van der Waals surface area contributed by atoms with Gasteiger partial charge in [-0.2, -0.15) is 12.6 Å². The highest BCUT2D eigenvalue weighted by Crippen LogP contribution is 2.45. The van der Waals surface area contributed by atoms with Gasteiger partial charge in [0.1, 0.15) is 0 Å². The molecule has 3 heteroatoms. The van der Waals surface area contributed by atoms with Crippen LogP contribution in [0.2, 0.25) is 0 Å². The van der Waals surface area contributed by atoms with Crippen LogP contribution in [0.1, 0.15) is 11.5 Å². The Morgan fingerprint density at radius 2 is 0.731 bits per heavy atom. The Bertz CT molecular complexity index is 3300. The molecule has 11 rings (SSSR count). The topological polar surface area (TPSA) is 6.48 Å². The van der Waals surface area contributed by atoms with Crippen LogP contribution in [0.5, 0.6) is 0 Å². The molecule has 0 heterocycles. The fourth-order valence-corrected chi connectivity index (χ4v) is 9.77. The minimum Gasteiger partial charge on any atom is -0.311 e. The van der Waals surface area contributed by atoms with Gasteiger partial charge >= 0.3 is 0 Å². The van der Waals surface area contributed by atoms with Crippen LogP contribution in [-0.4, -0.2) is 5.25 Å². The smallest absolute Gasteiger partial charge is 0.0546 e. The summed E-state index contributed by atoms with van der Waals surface area (Å²) in [6.45, 7) is 0. The number of thiol groups is 1. The van der Waals surface area contributed by atoms with E-state index in [1.165, 1.54) is 49.7 Å². The minimum atomic E-state index is 0.138. The highest BCUT2D eigenvalue weighted by Gasteiger charge is 2.22. The lowest BCUT2D eigenvalue weighted by molar-refractivity contribution is 0.875. The van der Waals surface area contributed by atoms with Gasteiger partial charge in [-0.3, -0.25) is 0 Å². The first kappa shape index (κ1) is 41.6. The van der Waals surface area contributed by atoms with E-state index in [1.54, 1.807) is 0 Å². The average molecular weight is 877 g/mol. The van der Waals surface area contributed by atoms with E-state index in [0.29, 0.717) is 0 Å². The van der Waals surface area contributed by atoms with Crippen molar-refractivity contribution in [3.05, 3.63) is 279 Å². The third-order valence-electron chi connectivity index (χ3n) is 12.8. The van der Waals surface area contributed by atoms with Crippen molar-refractivity contribution in [3.8, 4) is 44.5 Å². The van der Waals surface area contributed by atoms with Crippen LogP contribution in [0.15, 0.2) is 273 Å². The first-order valence-electron chi connectivity index (χ1n) is 23.0. The van der Waals surface area contributed by atoms with Gasteiger partial charge in [-0.25, -0.2) is 0 Å². The Labute approximate surface area is 399 Å². The fraction of sp³-hybridized carbons (Fsp3) is 0.0312. The van der Waals surface area contributed by atoms with E-state index in [-0.39, 0.29) is 11.2 Å². The van der Waals surface area contributed by atoms with Crippen LogP contribution in [0, 0.1) is 0 Å². The van der Waals surface area contributed by atoms with Crippen molar-refractivity contribution in [2.24, 2.45) is 0 Å². The lowest BCUT2D eigenvalue weighted by Crippen LogP contribution is -2.13. The maximum atomic E-state index is 4.91. The standard InChI is InChI=1S/C64H48N2S/c67-64-29-13-12-28-61(64)50-36-40-59(41-37-50)66(63-45-55-19-11-10-18-54(55)44-62(63)49-16-4-1-5-17-49)60-27-15-22-53(43-60)47-32-30-46(31-33-47)51-20-14-21-52(42-51)48-34-38-58(39-35-48)65(56-23-6-2-7-24-56)57-25-8-3-9-26-57/h1-45,61,64,67H. The van der Waals surface area contributed by atoms with Crippen molar-refractivity contribution in [1.29, 1.82) is 0 Å². The molecule has 10 aromatic carbocycles. The molecule has 0 bridgehead atoms. The molecule has 0 aromatic heterocycles. The molecule has 0 radical (unpaired) electrons. The molecule has 2 atom stereocenters. The molecule has 0 saturated carbocycles. The highest BCUT2D eigenvalue weighted by molar-refractivity contribution is 7.81. The van der Waals surface area contributed by atoms with Gasteiger partial charge in [0.2, 0.25) is 0 Å². The van der Waals surface area contributed by atoms with Gasteiger partial charge in [0.15, 0.2) is 0 Å². The largest absolute Gasteiger partial charge is 0.311 e. The van der Waals surface area contributed by atoms with Gasteiger partial charge in [-0.15, -0.1) is 0 Å². The van der Waals surface area contributed by atoms with Crippen LogP contribution >= 0.6 is 12.6 Å². The number of fused-ring (bicyclic) bond motifs is 1. The predicted molar refractivity (Wildman–Crippen MR) is 289 cm³/mol. The maximum Gasteiger partial charge on any atom is 0.0546 e. The number of para-hydroxylation sites is 2. The van der Waals surface area contributed by atoms with Crippen molar-refractivity contribution < 1.29 is 0 Å². The molecule has 1 aliphatic carbocycles. The monoisotopic (exact) mass is 876 g/mol. The Hall–Kier alpha value is -8.11. The van der Waals surface area contributed by atoms with Crippen molar-refractivity contribution >= 4 is 57.5 Å². The number of benzene rings is 10. The summed E-state index contributed by atoms with van der Waals surface area (Å²) in [4.78, 5) is 4.72. The second-order valence-corrected chi connectivity index (χ2v) is 17.7. The molecule has 1 aliphatic rings. The molecule has 10 aromatic rings. The molecule has 0 amide bonds. The third-order valence-corrected chi connectivity index (χ3v) is 13.3. The Morgan fingerprint density at radius 3 is 1.33 bits per heavy atom. The minimum absolute atomic E-state index is 0.138. The zero-order valence-electron chi connectivity index (χ0n) is 37.0. The van der Waals surface area contributed by atoms with E-state index in [0.717, 1.165) is 45.3 Å². The molecule has 2 nitrogen and oxygen atoms in total. The van der Waals surface area contributed by atoms with Gasteiger partial charge in [-0.05, 0) is 134 Å². The zero-order chi connectivity index (χ0) is 44.9. The number of allylic oxidation sites excluding steroid dienone is 3. The van der Waals surface area contributed by atoms with E-state index < -0.39 is 0 Å². The Kier molecular flexibility index (Phi) is 11.7. The normalized spacial score (nSPS) is 14.2. The van der Waals surface area contributed by atoms with Gasteiger partial charge < -0.3 is 9.80 Å². The molecule has 0 spiro atoms. The van der Waals surface area contributed by atoms with Crippen molar-refractivity contribution in [3.63, 3.8) is 0 Å². The predicted octanol–water partition coefficient (Wildman–Crippen LogP) is 18.0. The van der Waals surface area contributed by atoms with Crippen molar-refractivity contribution in [2.45, 2.75) is 11.2 Å². The van der Waals surface area contributed by atoms with Crippen LogP contribution in [0.25, 0.3) is 55.3 Å². The number of hydrogen-bond acceptors (Lipinski definition) is 3. The molecule has 0 fully saturated rings. The van der Waals surface area contributed by atoms with Crippen LogP contribution in [0.3, 0.4) is 0 Å².